The van der Waals surface area contributed by atoms with Gasteiger partial charge in [0, 0.05) is 19.6 Å². The van der Waals surface area contributed by atoms with Gasteiger partial charge in [0.15, 0.2) is 0 Å². The van der Waals surface area contributed by atoms with Crippen LogP contribution in [0.25, 0.3) is 0 Å². The van der Waals surface area contributed by atoms with Crippen molar-refractivity contribution < 1.29 is 9.18 Å². The Labute approximate surface area is 142 Å². The summed E-state index contributed by atoms with van der Waals surface area (Å²) in [6.45, 7) is 2.18. The molecule has 1 fully saturated rings. The molecule has 1 heterocycles. The van der Waals surface area contributed by atoms with E-state index in [2.05, 4.69) is 0 Å². The van der Waals surface area contributed by atoms with Crippen LogP contribution in [0, 0.1) is 5.82 Å². The lowest BCUT2D eigenvalue weighted by Gasteiger charge is -2.31. The highest BCUT2D eigenvalue weighted by Crippen LogP contribution is 2.25. The summed E-state index contributed by atoms with van der Waals surface area (Å²) in [5.41, 5.74) is 1.85. The van der Waals surface area contributed by atoms with Gasteiger partial charge in [-0.3, -0.25) is 9.69 Å². The van der Waals surface area contributed by atoms with Gasteiger partial charge in [-0.2, -0.15) is 0 Å². The summed E-state index contributed by atoms with van der Waals surface area (Å²) >= 11 is 0. The van der Waals surface area contributed by atoms with Crippen molar-refractivity contribution in [2.75, 3.05) is 20.1 Å². The zero-order chi connectivity index (χ0) is 16.9. The molecule has 4 heteroatoms. The van der Waals surface area contributed by atoms with Crippen LogP contribution in [0.1, 0.15) is 30.0 Å². The molecule has 0 aromatic heterocycles. The fourth-order valence-corrected chi connectivity index (χ4v) is 3.35. The van der Waals surface area contributed by atoms with E-state index in [9.17, 15) is 9.18 Å². The zero-order valence-electron chi connectivity index (χ0n) is 14.0. The Morgan fingerprint density at radius 3 is 2.50 bits per heavy atom. The van der Waals surface area contributed by atoms with Crippen LogP contribution in [-0.2, 0) is 11.3 Å². The zero-order valence-corrected chi connectivity index (χ0v) is 14.0. The van der Waals surface area contributed by atoms with Gasteiger partial charge in [-0.05, 0) is 43.1 Å². The molecule has 126 valence electrons. The quantitative estimate of drug-likeness (QED) is 0.838. The highest BCUT2D eigenvalue weighted by molar-refractivity contribution is 5.83. The Hall–Kier alpha value is -2.20. The van der Waals surface area contributed by atoms with Crippen molar-refractivity contribution in [3.8, 4) is 0 Å². The minimum absolute atomic E-state index is 0.137. The third kappa shape index (κ3) is 3.82. The van der Waals surface area contributed by atoms with Gasteiger partial charge >= 0.3 is 0 Å². The van der Waals surface area contributed by atoms with Gasteiger partial charge in [-0.25, -0.2) is 4.39 Å². The first-order chi connectivity index (χ1) is 11.6. The van der Waals surface area contributed by atoms with Gasteiger partial charge in [-0.1, -0.05) is 42.5 Å². The van der Waals surface area contributed by atoms with E-state index in [1.54, 1.807) is 6.07 Å². The predicted octanol–water partition coefficient (Wildman–Crippen LogP) is 3.62. The predicted molar refractivity (Wildman–Crippen MR) is 92.9 cm³/mol. The molecule has 1 aliphatic heterocycles. The molecule has 1 aliphatic rings. The molecule has 24 heavy (non-hydrogen) atoms. The van der Waals surface area contributed by atoms with Crippen LogP contribution < -0.4 is 0 Å². The summed E-state index contributed by atoms with van der Waals surface area (Å²) in [5.74, 6) is -0.111. The Bertz CT molecular complexity index is 683. The normalized spacial score (nSPS) is 15.7. The first-order valence-corrected chi connectivity index (χ1v) is 8.43. The van der Waals surface area contributed by atoms with Crippen LogP contribution >= 0.6 is 0 Å². The number of benzene rings is 2. The second kappa shape index (κ2) is 7.58. The number of amides is 1. The average molecular weight is 326 g/mol. The molecule has 0 N–H and O–H groups in total. The topological polar surface area (TPSA) is 23.6 Å². The summed E-state index contributed by atoms with van der Waals surface area (Å²) in [6.07, 6.45) is 2.14. The number of rotatable bonds is 5. The van der Waals surface area contributed by atoms with Crippen molar-refractivity contribution in [3.05, 3.63) is 71.5 Å². The Balaban J connectivity index is 1.84. The second-order valence-corrected chi connectivity index (χ2v) is 6.39. The number of carbonyl (C=O) groups is 1. The summed E-state index contributed by atoms with van der Waals surface area (Å²) in [7, 11) is 1.93. The first kappa shape index (κ1) is 16.7. The summed E-state index contributed by atoms with van der Waals surface area (Å²) in [6, 6.07) is 16.1. The highest BCUT2D eigenvalue weighted by Gasteiger charge is 2.30. The molecule has 0 bridgehead atoms. The van der Waals surface area contributed by atoms with Gasteiger partial charge in [-0.15, -0.1) is 0 Å². The van der Waals surface area contributed by atoms with E-state index in [4.69, 9.17) is 0 Å². The molecule has 0 saturated carbocycles. The van der Waals surface area contributed by atoms with Crippen LogP contribution in [0.3, 0.4) is 0 Å². The van der Waals surface area contributed by atoms with Gasteiger partial charge < -0.3 is 4.90 Å². The molecule has 0 aliphatic carbocycles. The van der Waals surface area contributed by atoms with Gasteiger partial charge in [0.2, 0.25) is 5.91 Å². The number of hydrogen-bond donors (Lipinski definition) is 0. The van der Waals surface area contributed by atoms with Crippen LogP contribution in [-0.4, -0.2) is 35.8 Å². The van der Waals surface area contributed by atoms with E-state index >= 15 is 0 Å². The molecular formula is C20H23FN2O. The molecule has 1 amide bonds. The molecule has 0 radical (unpaired) electrons. The number of nitrogens with zero attached hydrogens (tertiary/aromatic N) is 2. The standard InChI is InChI=1S/C20H23FN2O/c1-22(15-16-8-7-11-18(21)14-16)19(17-9-3-2-4-10-17)20(24)23-12-5-6-13-23/h2-4,7-11,14,19H,5-6,12-13,15H2,1H3. The first-order valence-electron chi connectivity index (χ1n) is 8.43. The van der Waals surface area contributed by atoms with Crippen molar-refractivity contribution in [1.29, 1.82) is 0 Å². The molecule has 3 rings (SSSR count). The van der Waals surface area contributed by atoms with E-state index in [1.807, 2.05) is 53.2 Å². The maximum Gasteiger partial charge on any atom is 0.244 e. The SMILES string of the molecule is CN(Cc1cccc(F)c1)C(C(=O)N1CCCC1)c1ccccc1. The number of hydrogen-bond acceptors (Lipinski definition) is 2. The molecule has 0 spiro atoms. The molecule has 1 saturated heterocycles. The van der Waals surface area contributed by atoms with Crippen molar-refractivity contribution in [1.82, 2.24) is 9.80 Å². The van der Waals surface area contributed by atoms with Crippen LogP contribution in [0.5, 0.6) is 0 Å². The van der Waals surface area contributed by atoms with E-state index in [0.717, 1.165) is 37.1 Å². The summed E-state index contributed by atoms with van der Waals surface area (Å²) < 4.78 is 13.5. The lowest BCUT2D eigenvalue weighted by molar-refractivity contribution is -0.136. The largest absolute Gasteiger partial charge is 0.341 e. The van der Waals surface area contributed by atoms with E-state index in [0.29, 0.717) is 6.54 Å². The fraction of sp³-hybridized carbons (Fsp3) is 0.350. The van der Waals surface area contributed by atoms with E-state index in [1.165, 1.54) is 12.1 Å². The van der Waals surface area contributed by atoms with Crippen LogP contribution in [0.15, 0.2) is 54.6 Å². The van der Waals surface area contributed by atoms with Crippen molar-refractivity contribution >= 4 is 5.91 Å². The van der Waals surface area contributed by atoms with E-state index in [-0.39, 0.29) is 17.8 Å². The third-order valence-electron chi connectivity index (χ3n) is 4.53. The smallest absolute Gasteiger partial charge is 0.244 e. The Morgan fingerprint density at radius 2 is 1.83 bits per heavy atom. The fourth-order valence-electron chi connectivity index (χ4n) is 3.35. The molecule has 2 aromatic carbocycles. The minimum Gasteiger partial charge on any atom is -0.341 e. The number of likely N-dealkylation sites (N-methyl/N-ethyl adjacent to an activating group) is 1. The number of likely N-dealkylation sites (tertiary alicyclic amines) is 1. The summed E-state index contributed by atoms with van der Waals surface area (Å²) in [4.78, 5) is 17.0. The lowest BCUT2D eigenvalue weighted by Crippen LogP contribution is -2.40. The highest BCUT2D eigenvalue weighted by atomic mass is 19.1. The second-order valence-electron chi connectivity index (χ2n) is 6.39. The van der Waals surface area contributed by atoms with Crippen molar-refractivity contribution in [2.45, 2.75) is 25.4 Å². The minimum atomic E-state index is -0.340. The monoisotopic (exact) mass is 326 g/mol. The molecule has 2 aromatic rings. The number of halogens is 1. The lowest BCUT2D eigenvalue weighted by atomic mass is 10.0. The summed E-state index contributed by atoms with van der Waals surface area (Å²) in [5, 5.41) is 0. The van der Waals surface area contributed by atoms with Crippen molar-refractivity contribution in [3.63, 3.8) is 0 Å². The van der Waals surface area contributed by atoms with E-state index < -0.39 is 0 Å². The molecule has 1 atom stereocenters. The average Bonchev–Trinajstić information content (AvgIpc) is 3.10. The van der Waals surface area contributed by atoms with Crippen molar-refractivity contribution in [2.24, 2.45) is 0 Å². The van der Waals surface area contributed by atoms with Gasteiger partial charge in [0.25, 0.3) is 0 Å². The third-order valence-corrected chi connectivity index (χ3v) is 4.53. The number of carbonyl (C=O) groups excluding carboxylic acids is 1. The van der Waals surface area contributed by atoms with Crippen LogP contribution in [0.2, 0.25) is 0 Å². The maximum atomic E-state index is 13.5. The Morgan fingerprint density at radius 1 is 1.12 bits per heavy atom. The molecular weight excluding hydrogens is 303 g/mol. The molecule has 1 unspecified atom stereocenters. The van der Waals surface area contributed by atoms with Gasteiger partial charge in [0.1, 0.15) is 11.9 Å². The maximum absolute atomic E-state index is 13.5. The van der Waals surface area contributed by atoms with Crippen LogP contribution in [0.4, 0.5) is 4.39 Å². The Kier molecular flexibility index (Phi) is 5.26. The molecule has 3 nitrogen and oxygen atoms in total. The van der Waals surface area contributed by atoms with Gasteiger partial charge in [0.05, 0.1) is 0 Å².